The average molecular weight is 444 g/mol. The van der Waals surface area contributed by atoms with Crippen molar-refractivity contribution in [2.45, 2.75) is 49.5 Å². The van der Waals surface area contributed by atoms with Crippen molar-refractivity contribution in [2.24, 2.45) is 11.5 Å². The zero-order chi connectivity index (χ0) is 23.3. The maximum absolute atomic E-state index is 12.3. The number of aliphatic hydroxyl groups is 2. The van der Waals surface area contributed by atoms with Gasteiger partial charge in [0.25, 0.3) is 5.56 Å². The molecule has 0 radical (unpaired) electrons. The van der Waals surface area contributed by atoms with E-state index in [1.54, 1.807) is 0 Å². The van der Waals surface area contributed by atoms with Crippen molar-refractivity contribution in [3.8, 4) is 0 Å². The molecule has 0 saturated carbocycles. The van der Waals surface area contributed by atoms with Crippen LogP contribution in [0.2, 0.25) is 0 Å². The number of hydrogen-bond acceptors (Lipinski definition) is 9. The molecule has 15 nitrogen and oxygen atoms in total. The summed E-state index contributed by atoms with van der Waals surface area (Å²) < 4.78 is 6.14. The molecule has 0 aromatic carbocycles. The first-order valence-electron chi connectivity index (χ1n) is 9.18. The zero-order valence-corrected chi connectivity index (χ0v) is 16.1. The third-order valence-electron chi connectivity index (χ3n) is 4.62. The van der Waals surface area contributed by atoms with Crippen molar-refractivity contribution in [1.82, 2.24) is 20.2 Å². The number of aromatic amines is 1. The smallest absolute Gasteiger partial charge is 0.330 e. The van der Waals surface area contributed by atoms with Gasteiger partial charge in [0.15, 0.2) is 12.3 Å². The second kappa shape index (κ2) is 10.2. The average Bonchev–Trinajstić information content (AvgIpc) is 2.97. The lowest BCUT2D eigenvalue weighted by molar-refractivity contribution is -0.149. The van der Waals surface area contributed by atoms with E-state index in [-0.39, 0.29) is 19.4 Å². The topological polar surface area (TPSA) is 252 Å². The molecule has 2 heterocycles. The largest absolute Gasteiger partial charge is 0.480 e. The van der Waals surface area contributed by atoms with Crippen molar-refractivity contribution in [1.29, 1.82) is 0 Å². The summed E-state index contributed by atoms with van der Waals surface area (Å²) in [6.45, 7) is 0.158. The van der Waals surface area contributed by atoms with Crippen LogP contribution in [0.25, 0.3) is 0 Å². The second-order valence-corrected chi connectivity index (χ2v) is 6.85. The normalized spacial score (nSPS) is 24.9. The molecule has 172 valence electrons. The van der Waals surface area contributed by atoms with E-state index in [0.29, 0.717) is 0 Å². The van der Waals surface area contributed by atoms with Gasteiger partial charge in [-0.25, -0.2) is 14.4 Å². The molecule has 1 aliphatic heterocycles. The molecule has 1 saturated heterocycles. The number of hydrogen-bond donors (Lipinski definition) is 8. The van der Waals surface area contributed by atoms with E-state index in [1.165, 1.54) is 0 Å². The molecule has 6 atom stereocenters. The predicted molar refractivity (Wildman–Crippen MR) is 102 cm³/mol. The zero-order valence-electron chi connectivity index (χ0n) is 16.1. The second-order valence-electron chi connectivity index (χ2n) is 6.85. The standard InChI is InChI=1S/C16H24N6O9/c17-6(2-1-4-19-15(18)29)12(26)21-8(14(27)28)11-9(24)10(25)13(31-11)22-5-3-7(23)20-16(22)30/h3,5-6,8-11,13,24-25H,1-2,4,17H2,(H,21,26)(H,27,28)(H3,18,19,29)(H,20,23,30)/t6-,8-,9+,10-,11-,13-/m1/s1. The number of aliphatic hydroxyl groups excluding tert-OH is 2. The summed E-state index contributed by atoms with van der Waals surface area (Å²) in [5.41, 5.74) is 8.97. The lowest BCUT2D eigenvalue weighted by Gasteiger charge is -2.24. The molecule has 0 bridgehead atoms. The maximum atomic E-state index is 12.3. The summed E-state index contributed by atoms with van der Waals surface area (Å²) in [5.74, 6) is -2.46. The summed E-state index contributed by atoms with van der Waals surface area (Å²) in [7, 11) is 0. The maximum Gasteiger partial charge on any atom is 0.330 e. The van der Waals surface area contributed by atoms with Crippen molar-refractivity contribution in [3.63, 3.8) is 0 Å². The quantitative estimate of drug-likeness (QED) is 0.169. The Hall–Kier alpha value is -3.27. The highest BCUT2D eigenvalue weighted by Crippen LogP contribution is 2.30. The molecular weight excluding hydrogens is 420 g/mol. The third kappa shape index (κ3) is 5.88. The van der Waals surface area contributed by atoms with E-state index < -0.39 is 65.8 Å². The van der Waals surface area contributed by atoms with Gasteiger partial charge in [-0.1, -0.05) is 0 Å². The highest BCUT2D eigenvalue weighted by atomic mass is 16.6. The van der Waals surface area contributed by atoms with Crippen LogP contribution in [0.3, 0.4) is 0 Å². The lowest BCUT2D eigenvalue weighted by atomic mass is 10.0. The van der Waals surface area contributed by atoms with E-state index in [2.05, 4.69) is 10.6 Å². The number of carboxylic acids is 1. The van der Waals surface area contributed by atoms with Gasteiger partial charge in [-0.2, -0.15) is 0 Å². The molecule has 31 heavy (non-hydrogen) atoms. The SMILES string of the molecule is NC(=O)NCCC[C@@H](N)C(=O)N[C@@H](C(=O)O)[C@H]1O[C@@H](n2ccc(=O)[nH]c2=O)[C@H](O)[C@@H]1O. The predicted octanol–water partition coefficient (Wildman–Crippen LogP) is -4.50. The number of rotatable bonds is 9. The van der Waals surface area contributed by atoms with Crippen molar-refractivity contribution < 1.29 is 34.4 Å². The Kier molecular flexibility index (Phi) is 7.87. The van der Waals surface area contributed by atoms with E-state index in [1.807, 2.05) is 4.98 Å². The van der Waals surface area contributed by atoms with Gasteiger partial charge in [-0.15, -0.1) is 0 Å². The number of H-pyrrole nitrogens is 1. The Morgan fingerprint density at radius 3 is 2.52 bits per heavy atom. The van der Waals surface area contributed by atoms with Crippen molar-refractivity contribution in [3.05, 3.63) is 33.1 Å². The minimum Gasteiger partial charge on any atom is -0.480 e. The first-order chi connectivity index (χ1) is 14.5. The lowest BCUT2D eigenvalue weighted by Crippen LogP contribution is -2.56. The fraction of sp³-hybridized carbons (Fsp3) is 0.562. The Morgan fingerprint density at radius 2 is 1.94 bits per heavy atom. The molecule has 3 amide bonds. The fourth-order valence-corrected chi connectivity index (χ4v) is 3.03. The first-order valence-corrected chi connectivity index (χ1v) is 9.18. The number of aromatic nitrogens is 2. The third-order valence-corrected chi connectivity index (χ3v) is 4.62. The molecule has 1 aromatic rings. The number of ether oxygens (including phenoxy) is 1. The molecule has 0 unspecified atom stereocenters. The molecule has 1 fully saturated rings. The molecule has 1 aromatic heterocycles. The molecule has 15 heteroatoms. The number of aliphatic carboxylic acids is 1. The molecule has 1 aliphatic rings. The van der Waals surface area contributed by atoms with Crippen LogP contribution in [0.1, 0.15) is 19.1 Å². The minimum absolute atomic E-state index is 0.0878. The minimum atomic E-state index is -1.81. The number of urea groups is 1. The van der Waals surface area contributed by atoms with Crippen LogP contribution in [0.5, 0.6) is 0 Å². The van der Waals surface area contributed by atoms with Gasteiger partial charge in [0.05, 0.1) is 6.04 Å². The molecule has 2 rings (SSSR count). The van der Waals surface area contributed by atoms with Crippen molar-refractivity contribution >= 4 is 17.9 Å². The Labute approximate surface area is 174 Å². The van der Waals surface area contributed by atoms with Crippen LogP contribution < -0.4 is 33.3 Å². The van der Waals surface area contributed by atoms with Gasteiger partial charge >= 0.3 is 17.7 Å². The van der Waals surface area contributed by atoms with Crippen LogP contribution in [-0.4, -0.2) is 79.7 Å². The molecule has 0 spiro atoms. The van der Waals surface area contributed by atoms with Gasteiger partial charge in [-0.05, 0) is 12.8 Å². The number of amides is 3. The monoisotopic (exact) mass is 444 g/mol. The van der Waals surface area contributed by atoms with Gasteiger partial charge in [0.2, 0.25) is 5.91 Å². The van der Waals surface area contributed by atoms with E-state index in [4.69, 9.17) is 16.2 Å². The number of nitrogens with zero attached hydrogens (tertiary/aromatic N) is 1. The summed E-state index contributed by atoms with van der Waals surface area (Å²) >= 11 is 0. The van der Waals surface area contributed by atoms with E-state index in [9.17, 15) is 39.3 Å². The van der Waals surface area contributed by atoms with E-state index >= 15 is 0 Å². The fourth-order valence-electron chi connectivity index (χ4n) is 3.03. The van der Waals surface area contributed by atoms with Crippen LogP contribution >= 0.6 is 0 Å². The van der Waals surface area contributed by atoms with Gasteiger partial charge in [-0.3, -0.25) is 19.1 Å². The van der Waals surface area contributed by atoms with Crippen LogP contribution in [0, 0.1) is 0 Å². The summed E-state index contributed by atoms with van der Waals surface area (Å²) in [6, 6.07) is -2.72. The number of carbonyl (C=O) groups is 3. The van der Waals surface area contributed by atoms with Crippen LogP contribution in [0.15, 0.2) is 21.9 Å². The van der Waals surface area contributed by atoms with Gasteiger partial charge in [0, 0.05) is 18.8 Å². The number of nitrogens with one attached hydrogen (secondary N) is 3. The molecule has 10 N–H and O–H groups in total. The van der Waals surface area contributed by atoms with Gasteiger partial charge in [0.1, 0.15) is 18.3 Å². The Morgan fingerprint density at radius 1 is 1.26 bits per heavy atom. The first kappa shape index (κ1) is 24.0. The highest BCUT2D eigenvalue weighted by Gasteiger charge is 2.50. The summed E-state index contributed by atoms with van der Waals surface area (Å²) in [4.78, 5) is 59.6. The number of carboxylic acid groups (broad SMARTS) is 1. The Bertz CT molecular complexity index is 931. The van der Waals surface area contributed by atoms with Crippen molar-refractivity contribution in [2.75, 3.05) is 6.54 Å². The molecular formula is C16H24N6O9. The highest BCUT2D eigenvalue weighted by molar-refractivity contribution is 5.87. The van der Waals surface area contributed by atoms with E-state index in [0.717, 1.165) is 16.8 Å². The number of nitrogens with two attached hydrogens (primary N) is 2. The molecule has 0 aliphatic carbocycles. The summed E-state index contributed by atoms with van der Waals surface area (Å²) in [5, 5.41) is 34.4. The Balaban J connectivity index is 2.09. The number of primary amides is 1. The van der Waals surface area contributed by atoms with Gasteiger partial charge < -0.3 is 42.2 Å². The summed E-state index contributed by atoms with van der Waals surface area (Å²) in [6.07, 6.45) is -5.30. The number of carbonyl (C=O) groups excluding carboxylic acids is 2. The van der Waals surface area contributed by atoms with Crippen LogP contribution in [-0.2, 0) is 14.3 Å². The van der Waals surface area contributed by atoms with Crippen LogP contribution in [0.4, 0.5) is 4.79 Å².